The fourth-order valence-electron chi connectivity index (χ4n) is 3.90. The van der Waals surface area contributed by atoms with Gasteiger partial charge in [0.25, 0.3) is 0 Å². The fourth-order valence-corrected chi connectivity index (χ4v) is 4.78. The lowest BCUT2D eigenvalue weighted by Gasteiger charge is -2.31. The van der Waals surface area contributed by atoms with Crippen LogP contribution in [0, 0.1) is 11.8 Å². The Morgan fingerprint density at radius 1 is 0.889 bits per heavy atom. The van der Waals surface area contributed by atoms with Gasteiger partial charge in [-0.05, 0) is 17.0 Å². The highest BCUT2D eigenvalue weighted by molar-refractivity contribution is 7.99. The Morgan fingerprint density at radius 3 is 2.33 bits per heavy atom. The summed E-state index contributed by atoms with van der Waals surface area (Å²) in [5.41, 5.74) is 2.67. The van der Waals surface area contributed by atoms with Gasteiger partial charge in [-0.15, -0.1) is 11.8 Å². The Balaban J connectivity index is 1.48. The largest absolute Gasteiger partial charge is 0.367 e. The number of aliphatic imine (C=N–C) groups is 1. The highest BCUT2D eigenvalue weighted by Gasteiger charge is 2.36. The minimum absolute atomic E-state index is 0.183. The third-order valence-electron chi connectivity index (χ3n) is 5.34. The molecule has 1 N–H and O–H groups in total. The molecule has 0 bridgehead atoms. The quantitative estimate of drug-likeness (QED) is 0.731. The van der Waals surface area contributed by atoms with Gasteiger partial charge in [0, 0.05) is 11.7 Å². The van der Waals surface area contributed by atoms with Crippen molar-refractivity contribution in [1.29, 1.82) is 0 Å². The van der Waals surface area contributed by atoms with Crippen molar-refractivity contribution in [2.24, 2.45) is 16.8 Å². The number of hydrogen-bond acceptors (Lipinski definition) is 3. The lowest BCUT2D eigenvalue weighted by molar-refractivity contribution is 0.360. The zero-order valence-corrected chi connectivity index (χ0v) is 16.5. The molecule has 27 heavy (non-hydrogen) atoms. The molecule has 138 valence electrons. The summed E-state index contributed by atoms with van der Waals surface area (Å²) in [7, 11) is 0. The van der Waals surface area contributed by atoms with Gasteiger partial charge in [-0.25, -0.2) is 0 Å². The van der Waals surface area contributed by atoms with E-state index < -0.39 is 0 Å². The molecule has 2 nitrogen and oxygen atoms in total. The first kappa shape index (κ1) is 18.1. The Hall–Kier alpha value is -2.26. The number of benzene rings is 2. The second-order valence-corrected chi connectivity index (χ2v) is 8.27. The normalized spacial score (nSPS) is 26.6. The van der Waals surface area contributed by atoms with Crippen molar-refractivity contribution < 1.29 is 0 Å². The first-order valence-electron chi connectivity index (χ1n) is 9.66. The van der Waals surface area contributed by atoms with Crippen molar-refractivity contribution >= 4 is 17.6 Å². The molecule has 0 saturated heterocycles. The van der Waals surface area contributed by atoms with Crippen LogP contribution in [0.5, 0.6) is 0 Å². The minimum atomic E-state index is 0.183. The zero-order chi connectivity index (χ0) is 18.5. The van der Waals surface area contributed by atoms with Gasteiger partial charge in [0.1, 0.15) is 5.84 Å². The molecular weight excluding hydrogens is 348 g/mol. The fraction of sp³-hybridized carbons (Fsp3) is 0.292. The van der Waals surface area contributed by atoms with Crippen LogP contribution >= 0.6 is 11.8 Å². The van der Waals surface area contributed by atoms with Gasteiger partial charge in [-0.2, -0.15) is 0 Å². The molecule has 0 spiro atoms. The van der Waals surface area contributed by atoms with Crippen LogP contribution in [0.3, 0.4) is 0 Å². The van der Waals surface area contributed by atoms with Crippen LogP contribution < -0.4 is 5.32 Å². The van der Waals surface area contributed by atoms with Gasteiger partial charge in [0.2, 0.25) is 0 Å². The van der Waals surface area contributed by atoms with Crippen molar-refractivity contribution in [3.05, 3.63) is 96.1 Å². The summed E-state index contributed by atoms with van der Waals surface area (Å²) < 4.78 is 0. The Kier molecular flexibility index (Phi) is 5.78. The van der Waals surface area contributed by atoms with Crippen molar-refractivity contribution in [3.8, 4) is 0 Å². The van der Waals surface area contributed by atoms with E-state index in [2.05, 4.69) is 97.2 Å². The predicted octanol–water partition coefficient (Wildman–Crippen LogP) is 5.41. The monoisotopic (exact) mass is 374 g/mol. The molecule has 1 unspecified atom stereocenters. The second kappa shape index (κ2) is 8.62. The Bertz CT molecular complexity index is 826. The standard InChI is InChI=1S/C24H26N2S/c1-18-10-8-9-15-21(18)24-23(20-13-6-3-7-14-20)25-22(26-24)17-27-16-19-11-4-2-5-12-19/h2-15,18,21,23-24H,16-17H2,1H3,(H,25,26)/t18?,21-,23-,24+/m1/s1. The molecule has 2 aromatic rings. The van der Waals surface area contributed by atoms with Crippen molar-refractivity contribution in [2.75, 3.05) is 5.75 Å². The smallest absolute Gasteiger partial charge is 0.107 e. The van der Waals surface area contributed by atoms with E-state index in [0.717, 1.165) is 17.3 Å². The van der Waals surface area contributed by atoms with Crippen LogP contribution in [-0.4, -0.2) is 17.6 Å². The average Bonchev–Trinajstić information content (AvgIpc) is 3.14. The first-order valence-corrected chi connectivity index (χ1v) is 10.8. The predicted molar refractivity (Wildman–Crippen MR) is 117 cm³/mol. The van der Waals surface area contributed by atoms with Gasteiger partial charge in [-0.3, -0.25) is 4.99 Å². The van der Waals surface area contributed by atoms with E-state index in [0.29, 0.717) is 17.9 Å². The lowest BCUT2D eigenvalue weighted by Crippen LogP contribution is -2.40. The van der Waals surface area contributed by atoms with Gasteiger partial charge in [-0.1, -0.05) is 91.9 Å². The van der Waals surface area contributed by atoms with Crippen LogP contribution in [0.15, 0.2) is 90.0 Å². The molecule has 4 rings (SSSR count). The Labute approximate surface area is 166 Å². The van der Waals surface area contributed by atoms with Gasteiger partial charge < -0.3 is 5.32 Å². The molecule has 3 heteroatoms. The third-order valence-corrected chi connectivity index (χ3v) is 6.36. The molecular formula is C24H26N2S. The van der Waals surface area contributed by atoms with Crippen LogP contribution in [0.4, 0.5) is 0 Å². The summed E-state index contributed by atoms with van der Waals surface area (Å²) in [5.74, 6) is 4.05. The average molecular weight is 375 g/mol. The maximum atomic E-state index is 5.11. The zero-order valence-electron chi connectivity index (χ0n) is 15.7. The van der Waals surface area contributed by atoms with Crippen molar-refractivity contribution in [1.82, 2.24) is 5.32 Å². The molecule has 2 aliphatic rings. The topological polar surface area (TPSA) is 24.4 Å². The maximum Gasteiger partial charge on any atom is 0.107 e. The third kappa shape index (κ3) is 4.36. The molecule has 0 radical (unpaired) electrons. The number of allylic oxidation sites excluding steroid dienone is 3. The molecule has 1 aliphatic heterocycles. The summed E-state index contributed by atoms with van der Waals surface area (Å²) in [6.45, 7) is 2.30. The van der Waals surface area contributed by atoms with Crippen LogP contribution in [0.1, 0.15) is 24.1 Å². The van der Waals surface area contributed by atoms with E-state index in [1.165, 1.54) is 11.1 Å². The van der Waals surface area contributed by atoms with Crippen LogP contribution in [0.2, 0.25) is 0 Å². The molecule has 1 aliphatic carbocycles. The minimum Gasteiger partial charge on any atom is -0.367 e. The summed E-state index contributed by atoms with van der Waals surface area (Å²) >= 11 is 1.93. The van der Waals surface area contributed by atoms with E-state index in [4.69, 9.17) is 4.99 Å². The molecule has 0 amide bonds. The summed E-state index contributed by atoms with van der Waals surface area (Å²) in [4.78, 5) is 5.11. The molecule has 0 saturated carbocycles. The maximum absolute atomic E-state index is 5.11. The lowest BCUT2D eigenvalue weighted by atomic mass is 9.80. The van der Waals surface area contributed by atoms with Crippen molar-refractivity contribution in [2.45, 2.75) is 24.8 Å². The summed E-state index contributed by atoms with van der Waals surface area (Å²) in [6, 6.07) is 21.9. The van der Waals surface area contributed by atoms with Crippen LogP contribution in [-0.2, 0) is 5.75 Å². The molecule has 1 heterocycles. The van der Waals surface area contributed by atoms with E-state index in [-0.39, 0.29) is 6.04 Å². The number of thioether (sulfide) groups is 1. The van der Waals surface area contributed by atoms with E-state index in [9.17, 15) is 0 Å². The number of rotatable bonds is 6. The van der Waals surface area contributed by atoms with Crippen molar-refractivity contribution in [3.63, 3.8) is 0 Å². The number of hydrogen-bond donors (Lipinski definition) is 1. The molecule has 2 aromatic carbocycles. The summed E-state index contributed by atoms with van der Waals surface area (Å²) in [6.07, 6.45) is 8.98. The van der Waals surface area contributed by atoms with E-state index in [1.807, 2.05) is 11.8 Å². The summed E-state index contributed by atoms with van der Waals surface area (Å²) in [5, 5.41) is 3.77. The number of amidine groups is 1. The van der Waals surface area contributed by atoms with E-state index in [1.54, 1.807) is 0 Å². The van der Waals surface area contributed by atoms with Crippen LogP contribution in [0.25, 0.3) is 0 Å². The SMILES string of the molecule is CC1C=CC=C[C@H]1[C@@H]1NC(CSCc2ccccc2)=N[C@@H]1c1ccccc1. The van der Waals surface area contributed by atoms with E-state index >= 15 is 0 Å². The van der Waals surface area contributed by atoms with Gasteiger partial charge in [0.15, 0.2) is 0 Å². The highest BCUT2D eigenvalue weighted by Crippen LogP contribution is 2.35. The molecule has 0 aromatic heterocycles. The number of nitrogens with zero attached hydrogens (tertiary/aromatic N) is 1. The van der Waals surface area contributed by atoms with Gasteiger partial charge >= 0.3 is 0 Å². The second-order valence-electron chi connectivity index (χ2n) is 7.29. The first-order chi connectivity index (χ1) is 13.3. The van der Waals surface area contributed by atoms with Gasteiger partial charge in [0.05, 0.1) is 17.8 Å². The highest BCUT2D eigenvalue weighted by atomic mass is 32.2. The molecule has 0 fully saturated rings. The number of nitrogens with one attached hydrogen (secondary N) is 1. The Morgan fingerprint density at radius 2 is 1.59 bits per heavy atom. The molecule has 4 atom stereocenters.